The maximum Gasteiger partial charge on any atom is 0.451 e. The Morgan fingerprint density at radius 2 is 2.10 bits per heavy atom. The first-order chi connectivity index (χ1) is 9.49. The predicted octanol–water partition coefficient (Wildman–Crippen LogP) is 2.38. The molecular weight excluding hydrogens is 273 g/mol. The number of halogens is 3. The lowest BCUT2D eigenvalue weighted by atomic mass is 10.0. The van der Waals surface area contributed by atoms with Gasteiger partial charge in [0.2, 0.25) is 5.82 Å². The van der Waals surface area contributed by atoms with Gasteiger partial charge < -0.3 is 15.4 Å². The van der Waals surface area contributed by atoms with Crippen LogP contribution in [0.5, 0.6) is 0 Å². The fourth-order valence-electron chi connectivity index (χ4n) is 2.01. The van der Waals surface area contributed by atoms with Crippen molar-refractivity contribution in [2.24, 2.45) is 5.92 Å². The standard InChI is InChI=1S/C12H17F3N4O/c1-16-9-5-10(19-11(18-9)12(13,14)15)17-6-8-3-2-4-20-7-8/h5,8H,2-4,6-7H2,1H3,(H2,16,17,18,19). The molecule has 20 heavy (non-hydrogen) atoms. The Balaban J connectivity index is 2.06. The molecule has 2 N–H and O–H groups in total. The van der Waals surface area contributed by atoms with Crippen molar-refractivity contribution in [2.45, 2.75) is 19.0 Å². The smallest absolute Gasteiger partial charge is 0.381 e. The molecule has 0 amide bonds. The van der Waals surface area contributed by atoms with Crippen molar-refractivity contribution in [3.8, 4) is 0 Å². The number of nitrogens with one attached hydrogen (secondary N) is 2. The Bertz CT molecular complexity index is 447. The van der Waals surface area contributed by atoms with E-state index in [1.54, 1.807) is 0 Å². The Morgan fingerprint density at radius 1 is 1.35 bits per heavy atom. The third-order valence-corrected chi connectivity index (χ3v) is 3.06. The van der Waals surface area contributed by atoms with E-state index in [0.717, 1.165) is 19.4 Å². The minimum absolute atomic E-state index is 0.134. The molecule has 1 aromatic rings. The van der Waals surface area contributed by atoms with Crippen LogP contribution in [0.4, 0.5) is 24.8 Å². The zero-order chi connectivity index (χ0) is 14.6. The Kier molecular flexibility index (Phi) is 4.64. The molecule has 5 nitrogen and oxygen atoms in total. The molecule has 2 heterocycles. The maximum atomic E-state index is 12.7. The number of anilines is 2. The fraction of sp³-hybridized carbons (Fsp3) is 0.667. The summed E-state index contributed by atoms with van der Waals surface area (Å²) < 4.78 is 43.4. The molecule has 0 bridgehead atoms. The highest BCUT2D eigenvalue weighted by Crippen LogP contribution is 2.28. The SMILES string of the molecule is CNc1cc(NCC2CCCOC2)nc(C(F)(F)F)n1. The average molecular weight is 290 g/mol. The van der Waals surface area contributed by atoms with E-state index in [-0.39, 0.29) is 11.6 Å². The number of rotatable bonds is 4. The summed E-state index contributed by atoms with van der Waals surface area (Å²) in [5, 5.41) is 5.53. The molecule has 1 atom stereocenters. The summed E-state index contributed by atoms with van der Waals surface area (Å²) in [4.78, 5) is 6.91. The van der Waals surface area contributed by atoms with Crippen LogP contribution in [0.1, 0.15) is 18.7 Å². The topological polar surface area (TPSA) is 59.1 Å². The molecule has 0 aliphatic carbocycles. The Labute approximate surface area is 114 Å². The molecule has 1 aliphatic heterocycles. The first-order valence-corrected chi connectivity index (χ1v) is 6.44. The lowest BCUT2D eigenvalue weighted by molar-refractivity contribution is -0.144. The Morgan fingerprint density at radius 3 is 2.70 bits per heavy atom. The molecule has 0 radical (unpaired) electrons. The number of alkyl halides is 3. The van der Waals surface area contributed by atoms with Crippen molar-refractivity contribution < 1.29 is 17.9 Å². The molecular formula is C12H17F3N4O. The number of aromatic nitrogens is 2. The van der Waals surface area contributed by atoms with E-state index in [4.69, 9.17) is 4.74 Å². The molecule has 0 spiro atoms. The molecule has 8 heteroatoms. The van der Waals surface area contributed by atoms with Crippen molar-refractivity contribution in [1.29, 1.82) is 0 Å². The summed E-state index contributed by atoms with van der Waals surface area (Å²) in [7, 11) is 1.52. The molecule has 1 fully saturated rings. The van der Waals surface area contributed by atoms with E-state index in [2.05, 4.69) is 20.6 Å². The summed E-state index contributed by atoms with van der Waals surface area (Å²) in [6, 6.07) is 1.46. The largest absolute Gasteiger partial charge is 0.451 e. The molecule has 0 aromatic carbocycles. The van der Waals surface area contributed by atoms with Crippen molar-refractivity contribution in [1.82, 2.24) is 9.97 Å². The summed E-state index contributed by atoms with van der Waals surface area (Å²) in [5.41, 5.74) is 0. The van der Waals surface area contributed by atoms with Gasteiger partial charge in [0.1, 0.15) is 11.6 Å². The van der Waals surface area contributed by atoms with E-state index in [0.29, 0.717) is 19.1 Å². The first kappa shape index (κ1) is 14.8. The van der Waals surface area contributed by atoms with Gasteiger partial charge >= 0.3 is 6.18 Å². The van der Waals surface area contributed by atoms with Gasteiger partial charge in [0.25, 0.3) is 0 Å². The highest BCUT2D eigenvalue weighted by molar-refractivity contribution is 5.47. The second-order valence-electron chi connectivity index (χ2n) is 4.67. The van der Waals surface area contributed by atoms with Gasteiger partial charge in [-0.15, -0.1) is 0 Å². The van der Waals surface area contributed by atoms with Gasteiger partial charge in [-0.05, 0) is 18.8 Å². The van der Waals surface area contributed by atoms with E-state index in [1.807, 2.05) is 0 Å². The van der Waals surface area contributed by atoms with E-state index < -0.39 is 12.0 Å². The molecule has 2 rings (SSSR count). The number of nitrogens with zero attached hydrogens (tertiary/aromatic N) is 2. The molecule has 1 saturated heterocycles. The number of hydrogen-bond acceptors (Lipinski definition) is 5. The van der Waals surface area contributed by atoms with Crippen LogP contribution in [0.3, 0.4) is 0 Å². The van der Waals surface area contributed by atoms with Crippen LogP contribution in [0, 0.1) is 5.92 Å². The highest BCUT2D eigenvalue weighted by Gasteiger charge is 2.35. The summed E-state index contributed by atoms with van der Waals surface area (Å²) in [6.45, 7) is 1.92. The van der Waals surface area contributed by atoms with E-state index in [9.17, 15) is 13.2 Å². The van der Waals surface area contributed by atoms with Crippen LogP contribution in [0.15, 0.2) is 6.07 Å². The average Bonchev–Trinajstić information content (AvgIpc) is 2.45. The minimum atomic E-state index is -4.56. The highest BCUT2D eigenvalue weighted by atomic mass is 19.4. The normalized spacial score (nSPS) is 19.7. The molecule has 1 aliphatic rings. The van der Waals surface area contributed by atoms with E-state index in [1.165, 1.54) is 13.1 Å². The van der Waals surface area contributed by atoms with E-state index >= 15 is 0 Å². The van der Waals surface area contributed by atoms with Gasteiger partial charge in [0.15, 0.2) is 0 Å². The van der Waals surface area contributed by atoms with Crippen molar-refractivity contribution in [3.63, 3.8) is 0 Å². The molecule has 1 aromatic heterocycles. The third kappa shape index (κ3) is 3.96. The van der Waals surface area contributed by atoms with Crippen LogP contribution in [0.25, 0.3) is 0 Å². The summed E-state index contributed by atoms with van der Waals surface area (Å²) >= 11 is 0. The van der Waals surface area contributed by atoms with Gasteiger partial charge in [-0.25, -0.2) is 9.97 Å². The van der Waals surface area contributed by atoms with Gasteiger partial charge in [-0.1, -0.05) is 0 Å². The van der Waals surface area contributed by atoms with Crippen LogP contribution >= 0.6 is 0 Å². The van der Waals surface area contributed by atoms with Gasteiger partial charge in [0, 0.05) is 26.3 Å². The first-order valence-electron chi connectivity index (χ1n) is 6.44. The van der Waals surface area contributed by atoms with Crippen LogP contribution < -0.4 is 10.6 Å². The van der Waals surface area contributed by atoms with Gasteiger partial charge in [-0.2, -0.15) is 13.2 Å². The lowest BCUT2D eigenvalue weighted by Gasteiger charge is -2.22. The predicted molar refractivity (Wildman–Crippen MR) is 68.6 cm³/mol. The zero-order valence-corrected chi connectivity index (χ0v) is 11.1. The van der Waals surface area contributed by atoms with Crippen LogP contribution in [-0.2, 0) is 10.9 Å². The monoisotopic (exact) mass is 290 g/mol. The quantitative estimate of drug-likeness (QED) is 0.891. The fourth-order valence-corrected chi connectivity index (χ4v) is 2.01. The molecule has 1 unspecified atom stereocenters. The summed E-state index contributed by atoms with van der Waals surface area (Å²) in [5.74, 6) is -0.546. The number of ether oxygens (including phenoxy) is 1. The third-order valence-electron chi connectivity index (χ3n) is 3.06. The van der Waals surface area contributed by atoms with Crippen LogP contribution in [-0.4, -0.2) is 36.8 Å². The van der Waals surface area contributed by atoms with Crippen molar-refractivity contribution in [3.05, 3.63) is 11.9 Å². The summed E-state index contributed by atoms with van der Waals surface area (Å²) in [6.07, 6.45) is -2.58. The minimum Gasteiger partial charge on any atom is -0.381 e. The molecule has 112 valence electrons. The van der Waals surface area contributed by atoms with Crippen molar-refractivity contribution >= 4 is 11.6 Å². The van der Waals surface area contributed by atoms with Gasteiger partial charge in [-0.3, -0.25) is 0 Å². The second-order valence-corrected chi connectivity index (χ2v) is 4.67. The second kappa shape index (κ2) is 6.25. The molecule has 0 saturated carbocycles. The zero-order valence-electron chi connectivity index (χ0n) is 11.1. The lowest BCUT2D eigenvalue weighted by Crippen LogP contribution is -2.25. The Hall–Kier alpha value is -1.57. The van der Waals surface area contributed by atoms with Crippen LogP contribution in [0.2, 0.25) is 0 Å². The van der Waals surface area contributed by atoms with Crippen molar-refractivity contribution in [2.75, 3.05) is 37.4 Å². The maximum absolute atomic E-state index is 12.7. The number of hydrogen-bond donors (Lipinski definition) is 2. The van der Waals surface area contributed by atoms with Gasteiger partial charge in [0.05, 0.1) is 6.61 Å².